The Balaban J connectivity index is 2.53. The van der Waals surface area contributed by atoms with E-state index in [4.69, 9.17) is 5.73 Å². The summed E-state index contributed by atoms with van der Waals surface area (Å²) < 4.78 is 13.5. The molecule has 0 spiro atoms. The molecule has 1 aromatic rings. The van der Waals surface area contributed by atoms with E-state index in [0.29, 0.717) is 23.0 Å². The van der Waals surface area contributed by atoms with Crippen LogP contribution in [0.3, 0.4) is 0 Å². The minimum Gasteiger partial charge on any atom is -0.328 e. The second-order valence-electron chi connectivity index (χ2n) is 3.69. The number of carbonyl (C=O) groups excluding carboxylic acids is 1. The largest absolute Gasteiger partial charge is 0.328 e. The lowest BCUT2D eigenvalue weighted by Gasteiger charge is -2.07. The summed E-state index contributed by atoms with van der Waals surface area (Å²) in [6, 6.07) is 4.45. The third-order valence-corrected chi connectivity index (χ3v) is 2.67. The van der Waals surface area contributed by atoms with E-state index in [1.807, 2.05) is 6.92 Å². The van der Waals surface area contributed by atoms with Crippen molar-refractivity contribution in [3.8, 4) is 0 Å². The molecule has 0 aliphatic rings. The van der Waals surface area contributed by atoms with Gasteiger partial charge in [0.15, 0.2) is 0 Å². The zero-order valence-corrected chi connectivity index (χ0v) is 10.6. The number of halogens is 2. The van der Waals surface area contributed by atoms with Crippen LogP contribution in [0.1, 0.15) is 19.8 Å². The Morgan fingerprint density at radius 1 is 1.62 bits per heavy atom. The number of nitrogens with one attached hydrogen (secondary N) is 1. The normalized spacial score (nSPS) is 12.2. The Hall–Kier alpha value is -0.940. The first-order valence-corrected chi connectivity index (χ1v) is 5.79. The van der Waals surface area contributed by atoms with E-state index in [2.05, 4.69) is 21.2 Å². The third kappa shape index (κ3) is 4.28. The van der Waals surface area contributed by atoms with Crippen LogP contribution in [0.15, 0.2) is 22.7 Å². The van der Waals surface area contributed by atoms with Crippen molar-refractivity contribution in [3.05, 3.63) is 28.5 Å². The fourth-order valence-corrected chi connectivity index (χ4v) is 1.40. The first-order chi connectivity index (χ1) is 7.49. The van der Waals surface area contributed by atoms with E-state index >= 15 is 0 Å². The highest BCUT2D eigenvalue weighted by Gasteiger charge is 2.06. The van der Waals surface area contributed by atoms with E-state index in [-0.39, 0.29) is 11.9 Å². The zero-order valence-electron chi connectivity index (χ0n) is 8.97. The van der Waals surface area contributed by atoms with Crippen LogP contribution in [-0.2, 0) is 4.79 Å². The predicted octanol–water partition coefficient (Wildman–Crippen LogP) is 2.65. The Bertz CT molecular complexity index is 382. The maximum absolute atomic E-state index is 13.1. The summed E-state index contributed by atoms with van der Waals surface area (Å²) in [7, 11) is 0. The summed E-state index contributed by atoms with van der Waals surface area (Å²) >= 11 is 3.04. The molecule has 0 bridgehead atoms. The molecule has 88 valence electrons. The highest BCUT2D eigenvalue weighted by molar-refractivity contribution is 9.10. The maximum atomic E-state index is 13.1. The Morgan fingerprint density at radius 3 is 2.88 bits per heavy atom. The lowest BCUT2D eigenvalue weighted by Crippen LogP contribution is -2.19. The van der Waals surface area contributed by atoms with Crippen molar-refractivity contribution < 1.29 is 9.18 Å². The molecule has 0 fully saturated rings. The first kappa shape index (κ1) is 13.1. The zero-order chi connectivity index (χ0) is 12.1. The van der Waals surface area contributed by atoms with Crippen LogP contribution in [0.4, 0.5) is 10.1 Å². The van der Waals surface area contributed by atoms with Crippen molar-refractivity contribution in [1.29, 1.82) is 0 Å². The van der Waals surface area contributed by atoms with Crippen LogP contribution in [0.25, 0.3) is 0 Å². The number of hydrogen-bond donors (Lipinski definition) is 2. The average Bonchev–Trinajstić information content (AvgIpc) is 2.21. The van der Waals surface area contributed by atoms with Gasteiger partial charge in [-0.05, 0) is 47.5 Å². The first-order valence-electron chi connectivity index (χ1n) is 4.99. The molecule has 0 saturated carbocycles. The van der Waals surface area contributed by atoms with Crippen molar-refractivity contribution >= 4 is 27.5 Å². The summed E-state index contributed by atoms with van der Waals surface area (Å²) in [4.78, 5) is 11.4. The molecule has 5 heteroatoms. The molecule has 0 saturated heterocycles. The number of amides is 1. The number of nitrogens with two attached hydrogens (primary N) is 1. The van der Waals surface area contributed by atoms with Crippen molar-refractivity contribution in [2.75, 3.05) is 5.32 Å². The van der Waals surface area contributed by atoms with Crippen LogP contribution in [0.5, 0.6) is 0 Å². The average molecular weight is 289 g/mol. The van der Waals surface area contributed by atoms with Gasteiger partial charge in [-0.25, -0.2) is 4.39 Å². The lowest BCUT2D eigenvalue weighted by atomic mass is 10.2. The molecule has 1 aromatic carbocycles. The molecule has 3 N–H and O–H groups in total. The third-order valence-electron chi connectivity index (χ3n) is 2.03. The van der Waals surface area contributed by atoms with Crippen molar-refractivity contribution in [1.82, 2.24) is 0 Å². The van der Waals surface area contributed by atoms with Gasteiger partial charge in [-0.2, -0.15) is 0 Å². The van der Waals surface area contributed by atoms with E-state index < -0.39 is 5.82 Å². The fraction of sp³-hybridized carbons (Fsp3) is 0.364. The second-order valence-corrected chi connectivity index (χ2v) is 4.55. The Morgan fingerprint density at radius 2 is 2.31 bits per heavy atom. The van der Waals surface area contributed by atoms with Gasteiger partial charge in [-0.3, -0.25) is 4.79 Å². The smallest absolute Gasteiger partial charge is 0.224 e. The number of anilines is 1. The molecule has 0 aliphatic heterocycles. The van der Waals surface area contributed by atoms with Crippen LogP contribution < -0.4 is 11.1 Å². The minimum atomic E-state index is -0.398. The van der Waals surface area contributed by atoms with Gasteiger partial charge in [0.1, 0.15) is 5.82 Å². The molecule has 1 amide bonds. The summed E-state index contributed by atoms with van der Waals surface area (Å²) in [5, 5.41) is 2.61. The summed E-state index contributed by atoms with van der Waals surface area (Å²) in [5.41, 5.74) is 5.99. The van der Waals surface area contributed by atoms with E-state index in [0.717, 1.165) is 0 Å². The monoisotopic (exact) mass is 288 g/mol. The van der Waals surface area contributed by atoms with Gasteiger partial charge < -0.3 is 11.1 Å². The standard InChI is InChI=1S/C11H14BrFN2O/c1-7(14)2-5-11(16)15-8-3-4-9(12)10(13)6-8/h3-4,6-7H,2,5,14H2,1H3,(H,15,16). The van der Waals surface area contributed by atoms with E-state index in [9.17, 15) is 9.18 Å². The highest BCUT2D eigenvalue weighted by Crippen LogP contribution is 2.19. The van der Waals surface area contributed by atoms with Crippen molar-refractivity contribution in [2.45, 2.75) is 25.8 Å². The minimum absolute atomic E-state index is 0.00703. The number of rotatable bonds is 4. The van der Waals surface area contributed by atoms with Crippen molar-refractivity contribution in [3.63, 3.8) is 0 Å². The molecule has 0 radical (unpaired) electrons. The lowest BCUT2D eigenvalue weighted by molar-refractivity contribution is -0.116. The second kappa shape index (κ2) is 5.96. The number of benzene rings is 1. The predicted molar refractivity (Wildman–Crippen MR) is 65.6 cm³/mol. The van der Waals surface area contributed by atoms with Gasteiger partial charge in [0, 0.05) is 18.2 Å². The molecule has 0 aliphatic carbocycles. The number of hydrogen-bond acceptors (Lipinski definition) is 2. The molecule has 0 heterocycles. The summed E-state index contributed by atoms with van der Waals surface area (Å²) in [6.07, 6.45) is 0.959. The SMILES string of the molecule is CC(N)CCC(=O)Nc1ccc(Br)c(F)c1. The highest BCUT2D eigenvalue weighted by atomic mass is 79.9. The molecule has 16 heavy (non-hydrogen) atoms. The van der Waals surface area contributed by atoms with Gasteiger partial charge >= 0.3 is 0 Å². The fourth-order valence-electron chi connectivity index (χ4n) is 1.16. The quantitative estimate of drug-likeness (QED) is 0.895. The van der Waals surface area contributed by atoms with Gasteiger partial charge in [-0.1, -0.05) is 0 Å². The molecule has 0 aromatic heterocycles. The summed E-state index contributed by atoms with van der Waals surface area (Å²) in [6.45, 7) is 1.84. The molecule has 1 unspecified atom stereocenters. The van der Waals surface area contributed by atoms with E-state index in [1.54, 1.807) is 12.1 Å². The van der Waals surface area contributed by atoms with Crippen LogP contribution in [-0.4, -0.2) is 11.9 Å². The van der Waals surface area contributed by atoms with Crippen molar-refractivity contribution in [2.24, 2.45) is 5.73 Å². The Kier molecular flexibility index (Phi) is 4.89. The molecular weight excluding hydrogens is 275 g/mol. The van der Waals surface area contributed by atoms with Crippen LogP contribution in [0, 0.1) is 5.82 Å². The topological polar surface area (TPSA) is 55.1 Å². The molecule has 1 rings (SSSR count). The summed E-state index contributed by atoms with van der Waals surface area (Å²) in [5.74, 6) is -0.552. The molecule has 1 atom stereocenters. The Labute approximate surface area is 102 Å². The van der Waals surface area contributed by atoms with Gasteiger partial charge in [0.2, 0.25) is 5.91 Å². The molecular formula is C11H14BrFN2O. The van der Waals surface area contributed by atoms with Gasteiger partial charge in [0.25, 0.3) is 0 Å². The van der Waals surface area contributed by atoms with Gasteiger partial charge in [-0.15, -0.1) is 0 Å². The van der Waals surface area contributed by atoms with Crippen LogP contribution >= 0.6 is 15.9 Å². The van der Waals surface area contributed by atoms with Gasteiger partial charge in [0.05, 0.1) is 4.47 Å². The maximum Gasteiger partial charge on any atom is 0.224 e. The molecule has 3 nitrogen and oxygen atoms in total. The van der Waals surface area contributed by atoms with Crippen LogP contribution in [0.2, 0.25) is 0 Å². The van der Waals surface area contributed by atoms with E-state index in [1.165, 1.54) is 6.07 Å². The number of carbonyl (C=O) groups is 1.